The van der Waals surface area contributed by atoms with E-state index in [-0.39, 0.29) is 0 Å². The second-order valence-electron chi connectivity index (χ2n) is 6.67. The normalized spacial score (nSPS) is 11.5. The minimum atomic E-state index is 0.488. The molecule has 0 atom stereocenters. The molecule has 0 aliphatic rings. The molecule has 0 fully saturated rings. The van der Waals surface area contributed by atoms with Gasteiger partial charge in [-0.25, -0.2) is 4.98 Å². The maximum Gasteiger partial charge on any atom is 0.271 e. The monoisotopic (exact) mass is 370 g/mol. The van der Waals surface area contributed by atoms with Crippen molar-refractivity contribution in [2.24, 2.45) is 0 Å². The van der Waals surface area contributed by atoms with Crippen molar-refractivity contribution in [2.45, 2.75) is 26.3 Å². The SMILES string of the molecule is CCCn1cc(-c2cnc3nnc(Cc4ccc5ncccc5c4)n3n2)cn1. The molecule has 4 heterocycles. The van der Waals surface area contributed by atoms with Gasteiger partial charge in [-0.2, -0.15) is 14.7 Å². The number of rotatable bonds is 5. The predicted molar refractivity (Wildman–Crippen MR) is 105 cm³/mol. The molecule has 0 saturated carbocycles. The van der Waals surface area contributed by atoms with Crippen LogP contribution >= 0.6 is 0 Å². The molecule has 0 amide bonds. The predicted octanol–water partition coefficient (Wildman–Crippen LogP) is 2.93. The zero-order valence-electron chi connectivity index (χ0n) is 15.4. The Labute approximate surface area is 160 Å². The molecule has 0 unspecified atom stereocenters. The Hall–Kier alpha value is -3.68. The highest BCUT2D eigenvalue weighted by atomic mass is 15.4. The summed E-state index contributed by atoms with van der Waals surface area (Å²) in [4.78, 5) is 8.77. The van der Waals surface area contributed by atoms with Gasteiger partial charge in [0.2, 0.25) is 0 Å². The van der Waals surface area contributed by atoms with Crippen LogP contribution in [0.15, 0.2) is 55.1 Å². The molecule has 5 aromatic rings. The number of fused-ring (bicyclic) bond motifs is 2. The number of pyridine rings is 1. The fourth-order valence-electron chi connectivity index (χ4n) is 3.25. The lowest BCUT2D eigenvalue weighted by Crippen LogP contribution is -2.03. The lowest BCUT2D eigenvalue weighted by atomic mass is 10.1. The van der Waals surface area contributed by atoms with Gasteiger partial charge in [-0.3, -0.25) is 9.67 Å². The number of hydrogen-bond donors (Lipinski definition) is 0. The summed E-state index contributed by atoms with van der Waals surface area (Å²) in [5, 5.41) is 18.6. The summed E-state index contributed by atoms with van der Waals surface area (Å²) < 4.78 is 3.62. The van der Waals surface area contributed by atoms with E-state index in [4.69, 9.17) is 5.10 Å². The van der Waals surface area contributed by atoms with E-state index in [0.717, 1.165) is 46.5 Å². The van der Waals surface area contributed by atoms with Gasteiger partial charge in [0.25, 0.3) is 5.78 Å². The summed E-state index contributed by atoms with van der Waals surface area (Å²) >= 11 is 0. The first-order chi connectivity index (χ1) is 13.8. The van der Waals surface area contributed by atoms with Gasteiger partial charge in [0.1, 0.15) is 5.69 Å². The van der Waals surface area contributed by atoms with Crippen LogP contribution in [0.2, 0.25) is 0 Å². The van der Waals surface area contributed by atoms with E-state index < -0.39 is 0 Å². The number of benzene rings is 1. The highest BCUT2D eigenvalue weighted by molar-refractivity contribution is 5.79. The van der Waals surface area contributed by atoms with E-state index in [1.807, 2.05) is 29.2 Å². The van der Waals surface area contributed by atoms with E-state index in [1.54, 1.807) is 16.9 Å². The molecule has 0 aliphatic heterocycles. The molecule has 1 aromatic carbocycles. The first kappa shape index (κ1) is 16.5. The molecule has 4 aromatic heterocycles. The van der Waals surface area contributed by atoms with Crippen molar-refractivity contribution >= 4 is 16.7 Å². The largest absolute Gasteiger partial charge is 0.272 e. The average Bonchev–Trinajstić information content (AvgIpc) is 3.35. The van der Waals surface area contributed by atoms with Crippen LogP contribution in [0.25, 0.3) is 27.9 Å². The Kier molecular flexibility index (Phi) is 4.01. The third kappa shape index (κ3) is 2.98. The second-order valence-corrected chi connectivity index (χ2v) is 6.67. The Morgan fingerprint density at radius 1 is 1.04 bits per heavy atom. The van der Waals surface area contributed by atoms with Crippen LogP contribution in [0, 0.1) is 0 Å². The lowest BCUT2D eigenvalue weighted by molar-refractivity contribution is 0.603. The molecule has 0 radical (unpaired) electrons. The highest BCUT2D eigenvalue weighted by Crippen LogP contribution is 2.18. The zero-order chi connectivity index (χ0) is 18.9. The van der Waals surface area contributed by atoms with Crippen molar-refractivity contribution in [3.05, 3.63) is 66.5 Å². The molecule has 0 N–H and O–H groups in total. The average molecular weight is 370 g/mol. The maximum absolute atomic E-state index is 4.70. The smallest absolute Gasteiger partial charge is 0.271 e. The van der Waals surface area contributed by atoms with E-state index in [9.17, 15) is 0 Å². The van der Waals surface area contributed by atoms with Gasteiger partial charge in [-0.1, -0.05) is 19.1 Å². The van der Waals surface area contributed by atoms with Gasteiger partial charge in [0.05, 0.1) is 17.9 Å². The summed E-state index contributed by atoms with van der Waals surface area (Å²) in [5.41, 5.74) is 3.78. The molecule has 138 valence electrons. The third-order valence-electron chi connectivity index (χ3n) is 4.61. The van der Waals surface area contributed by atoms with Crippen LogP contribution in [-0.4, -0.2) is 39.6 Å². The Bertz CT molecular complexity index is 1270. The van der Waals surface area contributed by atoms with Gasteiger partial charge in [-0.15, -0.1) is 10.2 Å². The molecule has 0 aliphatic carbocycles. The second kappa shape index (κ2) is 6.80. The van der Waals surface area contributed by atoms with Crippen molar-refractivity contribution in [1.82, 2.24) is 39.6 Å². The summed E-state index contributed by atoms with van der Waals surface area (Å²) in [6.45, 7) is 3.00. The first-order valence-corrected chi connectivity index (χ1v) is 9.24. The van der Waals surface area contributed by atoms with Crippen LogP contribution in [0.5, 0.6) is 0 Å². The van der Waals surface area contributed by atoms with Gasteiger partial charge in [0.15, 0.2) is 5.82 Å². The van der Waals surface area contributed by atoms with Crippen molar-refractivity contribution in [2.75, 3.05) is 0 Å². The van der Waals surface area contributed by atoms with Gasteiger partial charge >= 0.3 is 0 Å². The van der Waals surface area contributed by atoms with Crippen LogP contribution in [0.4, 0.5) is 0 Å². The van der Waals surface area contributed by atoms with Gasteiger partial charge in [-0.05, 0) is 30.2 Å². The maximum atomic E-state index is 4.70. The van der Waals surface area contributed by atoms with Crippen molar-refractivity contribution in [1.29, 1.82) is 0 Å². The Balaban J connectivity index is 1.50. The van der Waals surface area contributed by atoms with Crippen LogP contribution in [0.1, 0.15) is 24.7 Å². The molecule has 0 saturated heterocycles. The summed E-state index contributed by atoms with van der Waals surface area (Å²) in [5.74, 6) is 1.23. The minimum Gasteiger partial charge on any atom is -0.272 e. The molecule has 8 heteroatoms. The number of aryl methyl sites for hydroxylation is 1. The summed E-state index contributed by atoms with van der Waals surface area (Å²) in [6, 6.07) is 10.2. The molecule has 28 heavy (non-hydrogen) atoms. The van der Waals surface area contributed by atoms with Crippen molar-refractivity contribution < 1.29 is 0 Å². The van der Waals surface area contributed by atoms with E-state index in [0.29, 0.717) is 12.2 Å². The standard InChI is InChI=1S/C20H18N8/c1-2-8-27-13-16(11-23-27)18-12-22-20-25-24-19(28(20)26-18)10-14-5-6-17-15(9-14)4-3-7-21-17/h3-7,9,11-13H,2,8,10H2,1H3. The van der Waals surface area contributed by atoms with E-state index >= 15 is 0 Å². The summed E-state index contributed by atoms with van der Waals surface area (Å²) in [6.07, 6.45) is 8.95. The first-order valence-electron chi connectivity index (χ1n) is 9.24. The fraction of sp³-hybridized carbons (Fsp3) is 0.200. The Morgan fingerprint density at radius 3 is 2.93 bits per heavy atom. The topological polar surface area (TPSA) is 86.7 Å². The third-order valence-corrected chi connectivity index (χ3v) is 4.61. The number of hydrogen-bond acceptors (Lipinski definition) is 6. The molecule has 5 rings (SSSR count). The quantitative estimate of drug-likeness (QED) is 0.473. The summed E-state index contributed by atoms with van der Waals surface area (Å²) in [7, 11) is 0. The van der Waals surface area contributed by atoms with Crippen molar-refractivity contribution in [3.8, 4) is 11.3 Å². The van der Waals surface area contributed by atoms with Gasteiger partial charge in [0, 0.05) is 36.3 Å². The van der Waals surface area contributed by atoms with Crippen LogP contribution in [0.3, 0.4) is 0 Å². The molecular formula is C20H18N8. The lowest BCUT2D eigenvalue weighted by Gasteiger charge is -2.03. The van der Waals surface area contributed by atoms with E-state index in [1.165, 1.54) is 0 Å². The van der Waals surface area contributed by atoms with Gasteiger partial charge < -0.3 is 0 Å². The van der Waals surface area contributed by atoms with Crippen LogP contribution in [-0.2, 0) is 13.0 Å². The Morgan fingerprint density at radius 2 is 2.00 bits per heavy atom. The van der Waals surface area contributed by atoms with Crippen LogP contribution < -0.4 is 0 Å². The number of nitrogens with zero attached hydrogens (tertiary/aromatic N) is 8. The zero-order valence-corrected chi connectivity index (χ0v) is 15.4. The molecule has 0 bridgehead atoms. The van der Waals surface area contributed by atoms with Crippen molar-refractivity contribution in [3.63, 3.8) is 0 Å². The fourth-order valence-corrected chi connectivity index (χ4v) is 3.25. The number of aromatic nitrogens is 8. The molecular weight excluding hydrogens is 352 g/mol. The molecule has 0 spiro atoms. The molecule has 8 nitrogen and oxygen atoms in total. The highest BCUT2D eigenvalue weighted by Gasteiger charge is 2.12. The van der Waals surface area contributed by atoms with E-state index in [2.05, 4.69) is 50.4 Å². The minimum absolute atomic E-state index is 0.488.